The van der Waals surface area contributed by atoms with E-state index in [1.807, 2.05) is 66.4 Å². The average molecular weight is 433 g/mol. The molecule has 0 bridgehead atoms. The second-order valence-electron chi connectivity index (χ2n) is 8.29. The predicted molar refractivity (Wildman–Crippen MR) is 122 cm³/mol. The summed E-state index contributed by atoms with van der Waals surface area (Å²) in [6.07, 6.45) is 1.78. The third kappa shape index (κ3) is 5.23. The van der Waals surface area contributed by atoms with Crippen LogP contribution in [0.15, 0.2) is 65.3 Å². The number of benzene rings is 2. The van der Waals surface area contributed by atoms with Gasteiger partial charge in [0.25, 0.3) is 5.91 Å². The van der Waals surface area contributed by atoms with E-state index in [1.165, 1.54) is 6.26 Å². The molecule has 7 nitrogen and oxygen atoms in total. The first-order valence-corrected chi connectivity index (χ1v) is 10.9. The highest BCUT2D eigenvalue weighted by Crippen LogP contribution is 2.21. The van der Waals surface area contributed by atoms with Crippen molar-refractivity contribution in [1.82, 2.24) is 20.5 Å². The fourth-order valence-electron chi connectivity index (χ4n) is 3.77. The molecular weight excluding hydrogens is 404 g/mol. The van der Waals surface area contributed by atoms with Crippen LogP contribution in [0.25, 0.3) is 11.5 Å². The Morgan fingerprint density at radius 2 is 1.84 bits per heavy atom. The van der Waals surface area contributed by atoms with Crippen molar-refractivity contribution in [2.75, 3.05) is 13.1 Å². The van der Waals surface area contributed by atoms with Gasteiger partial charge in [-0.25, -0.2) is 4.98 Å². The molecule has 3 aromatic rings. The van der Waals surface area contributed by atoms with Crippen molar-refractivity contribution < 1.29 is 14.0 Å². The number of oxazole rings is 1. The highest BCUT2D eigenvalue weighted by Gasteiger charge is 2.29. The van der Waals surface area contributed by atoms with E-state index in [4.69, 9.17) is 4.42 Å². The quantitative estimate of drug-likeness (QED) is 0.625. The summed E-state index contributed by atoms with van der Waals surface area (Å²) in [4.78, 5) is 31.3. The molecule has 2 N–H and O–H groups in total. The molecule has 2 aromatic carbocycles. The van der Waals surface area contributed by atoms with Crippen LogP contribution in [0.1, 0.15) is 35.5 Å². The zero-order chi connectivity index (χ0) is 22.5. The summed E-state index contributed by atoms with van der Waals surface area (Å²) in [5.41, 5.74) is 3.06. The molecule has 2 unspecified atom stereocenters. The zero-order valence-electron chi connectivity index (χ0n) is 18.4. The van der Waals surface area contributed by atoms with E-state index in [-0.39, 0.29) is 23.9 Å². The maximum Gasteiger partial charge on any atom is 0.276 e. The molecule has 2 atom stereocenters. The molecule has 166 valence electrons. The Morgan fingerprint density at radius 3 is 2.59 bits per heavy atom. The van der Waals surface area contributed by atoms with Gasteiger partial charge in [0.1, 0.15) is 6.26 Å². The van der Waals surface area contributed by atoms with Crippen molar-refractivity contribution in [2.24, 2.45) is 0 Å². The van der Waals surface area contributed by atoms with E-state index in [1.54, 1.807) is 0 Å². The normalized spacial score (nSPS) is 18.4. The fraction of sp³-hybridized carbons (Fsp3) is 0.320. The number of hydrogen-bond donors (Lipinski definition) is 2. The highest BCUT2D eigenvalue weighted by atomic mass is 16.3. The van der Waals surface area contributed by atoms with Crippen molar-refractivity contribution in [1.29, 1.82) is 0 Å². The average Bonchev–Trinajstić information content (AvgIpc) is 3.30. The lowest BCUT2D eigenvalue weighted by Crippen LogP contribution is -2.56. The summed E-state index contributed by atoms with van der Waals surface area (Å²) >= 11 is 0. The highest BCUT2D eigenvalue weighted by molar-refractivity contribution is 5.92. The number of nitrogens with one attached hydrogen (secondary N) is 2. The molecule has 1 aliphatic rings. The van der Waals surface area contributed by atoms with Gasteiger partial charge in [0.15, 0.2) is 5.69 Å². The summed E-state index contributed by atoms with van der Waals surface area (Å²) in [7, 11) is 0. The van der Waals surface area contributed by atoms with Crippen molar-refractivity contribution in [3.8, 4) is 11.5 Å². The zero-order valence-corrected chi connectivity index (χ0v) is 18.4. The smallest absolute Gasteiger partial charge is 0.276 e. The van der Waals surface area contributed by atoms with E-state index in [9.17, 15) is 9.59 Å². The molecule has 1 aromatic heterocycles. The minimum absolute atomic E-state index is 0.0207. The number of piperazine rings is 1. The molecule has 0 aliphatic carbocycles. The molecule has 1 aliphatic heterocycles. The lowest BCUT2D eigenvalue weighted by molar-refractivity contribution is -0.120. The lowest BCUT2D eigenvalue weighted by Gasteiger charge is -2.37. The largest absolute Gasteiger partial charge is 0.444 e. The van der Waals surface area contributed by atoms with Crippen LogP contribution >= 0.6 is 0 Å². The molecule has 0 radical (unpaired) electrons. The Morgan fingerprint density at radius 1 is 1.09 bits per heavy atom. The van der Waals surface area contributed by atoms with Crippen LogP contribution in [-0.4, -0.2) is 46.9 Å². The minimum atomic E-state index is -0.112. The van der Waals surface area contributed by atoms with E-state index < -0.39 is 0 Å². The Kier molecular flexibility index (Phi) is 6.66. The van der Waals surface area contributed by atoms with Crippen molar-refractivity contribution in [3.63, 3.8) is 0 Å². The van der Waals surface area contributed by atoms with Gasteiger partial charge in [-0.2, -0.15) is 0 Å². The number of amides is 2. The predicted octanol–water partition coefficient (Wildman–Crippen LogP) is 3.02. The van der Waals surface area contributed by atoms with Crippen molar-refractivity contribution in [2.45, 2.75) is 38.9 Å². The molecule has 1 fully saturated rings. The van der Waals surface area contributed by atoms with E-state index >= 15 is 0 Å². The maximum atomic E-state index is 12.9. The van der Waals surface area contributed by atoms with Gasteiger partial charge in [-0.15, -0.1) is 0 Å². The van der Waals surface area contributed by atoms with Gasteiger partial charge in [0.2, 0.25) is 11.8 Å². The molecule has 7 heteroatoms. The van der Waals surface area contributed by atoms with Gasteiger partial charge < -0.3 is 20.0 Å². The van der Waals surface area contributed by atoms with Crippen LogP contribution in [0.2, 0.25) is 0 Å². The molecule has 1 saturated heterocycles. The van der Waals surface area contributed by atoms with Gasteiger partial charge in [-0.3, -0.25) is 9.59 Å². The number of rotatable bonds is 6. The van der Waals surface area contributed by atoms with Gasteiger partial charge in [-0.1, -0.05) is 42.5 Å². The summed E-state index contributed by atoms with van der Waals surface area (Å²) in [6, 6.07) is 17.6. The van der Waals surface area contributed by atoms with E-state index in [0.717, 1.165) is 23.2 Å². The van der Waals surface area contributed by atoms with Gasteiger partial charge in [0.05, 0.1) is 6.42 Å². The third-order valence-corrected chi connectivity index (χ3v) is 5.65. The van der Waals surface area contributed by atoms with Gasteiger partial charge in [0, 0.05) is 37.3 Å². The summed E-state index contributed by atoms with van der Waals surface area (Å²) < 4.78 is 5.59. The van der Waals surface area contributed by atoms with E-state index in [0.29, 0.717) is 31.1 Å². The third-order valence-electron chi connectivity index (χ3n) is 5.65. The van der Waals surface area contributed by atoms with Gasteiger partial charge >= 0.3 is 0 Å². The van der Waals surface area contributed by atoms with Crippen LogP contribution in [0.5, 0.6) is 0 Å². The fourth-order valence-corrected chi connectivity index (χ4v) is 3.77. The molecule has 0 spiro atoms. The molecule has 4 rings (SSSR count). The molecule has 2 amide bonds. The van der Waals surface area contributed by atoms with Crippen LogP contribution in [0, 0.1) is 0 Å². The Hall–Kier alpha value is -3.45. The second-order valence-corrected chi connectivity index (χ2v) is 8.29. The summed E-state index contributed by atoms with van der Waals surface area (Å²) in [5, 5.41) is 6.31. The van der Waals surface area contributed by atoms with Crippen LogP contribution in [0.4, 0.5) is 0 Å². The topological polar surface area (TPSA) is 87.5 Å². The van der Waals surface area contributed by atoms with Crippen LogP contribution in [-0.2, 0) is 17.8 Å². The number of nitrogens with zero attached hydrogens (tertiary/aromatic N) is 2. The standard InChI is InChI=1S/C25H28N4O3/c1-17-15-29(18(2)13-26-17)25(31)22-16-32-24(28-22)21-10-8-20(9-11-21)14-27-23(30)12-19-6-4-3-5-7-19/h3-11,16-18,26H,12-15H2,1-2H3,(H,27,30). The van der Waals surface area contributed by atoms with E-state index in [2.05, 4.69) is 22.5 Å². The Balaban J connectivity index is 1.34. The minimum Gasteiger partial charge on any atom is -0.444 e. The molecule has 0 saturated carbocycles. The molecule has 32 heavy (non-hydrogen) atoms. The Labute approximate surface area is 187 Å². The number of carbonyl (C=O) groups is 2. The monoisotopic (exact) mass is 432 g/mol. The van der Waals surface area contributed by atoms with Gasteiger partial charge in [-0.05, 0) is 37.1 Å². The first kappa shape index (κ1) is 21.8. The Bertz CT molecular complexity index is 1060. The lowest BCUT2D eigenvalue weighted by atomic mass is 10.1. The number of aromatic nitrogens is 1. The van der Waals surface area contributed by atoms with Crippen molar-refractivity contribution >= 4 is 11.8 Å². The first-order chi connectivity index (χ1) is 15.5. The SMILES string of the molecule is CC1CN(C(=O)c2coc(-c3ccc(CNC(=O)Cc4ccccc4)cc3)n2)C(C)CN1. The number of hydrogen-bond acceptors (Lipinski definition) is 5. The van der Waals surface area contributed by atoms with Crippen molar-refractivity contribution in [3.05, 3.63) is 77.7 Å². The second kappa shape index (κ2) is 9.78. The summed E-state index contributed by atoms with van der Waals surface area (Å²) in [5.74, 6) is 0.273. The molecule has 2 heterocycles. The van der Waals surface area contributed by atoms with Crippen LogP contribution in [0.3, 0.4) is 0 Å². The number of carbonyl (C=O) groups excluding carboxylic acids is 2. The molecular formula is C25H28N4O3. The first-order valence-electron chi connectivity index (χ1n) is 10.9. The summed E-state index contributed by atoms with van der Waals surface area (Å²) in [6.45, 7) is 5.94. The maximum absolute atomic E-state index is 12.9. The van der Waals surface area contributed by atoms with Crippen LogP contribution < -0.4 is 10.6 Å².